The fraction of sp³-hybridized carbons (Fsp3) is 0.357. The summed E-state index contributed by atoms with van der Waals surface area (Å²) >= 11 is 6.38. The summed E-state index contributed by atoms with van der Waals surface area (Å²) in [5.41, 5.74) is 0.897. The second kappa shape index (κ2) is 6.85. The molecule has 1 aromatic carbocycles. The number of amides is 1. The normalized spacial score (nSPS) is 17.0. The van der Waals surface area contributed by atoms with E-state index >= 15 is 0 Å². The topological polar surface area (TPSA) is 41.9 Å². The number of ether oxygens (including phenoxy) is 1. The lowest BCUT2D eigenvalue weighted by molar-refractivity contribution is -0.123. The zero-order chi connectivity index (χ0) is 14.5. The molecule has 2 rings (SSSR count). The summed E-state index contributed by atoms with van der Waals surface area (Å²) in [5.74, 6) is 1.13. The van der Waals surface area contributed by atoms with Crippen molar-refractivity contribution < 1.29 is 9.53 Å². The molecule has 0 spiro atoms. The number of rotatable bonds is 5. The van der Waals surface area contributed by atoms with E-state index in [-0.39, 0.29) is 12.0 Å². The first kappa shape index (κ1) is 15.0. The zero-order valence-electron chi connectivity index (χ0n) is 11.4. The average molecular weight is 308 g/mol. The molecule has 0 N–H and O–H groups in total. The zero-order valence-corrected chi connectivity index (χ0v) is 13.0. The summed E-state index contributed by atoms with van der Waals surface area (Å²) in [7, 11) is 0. The fourth-order valence-corrected chi connectivity index (χ4v) is 2.50. The average Bonchev–Trinajstić information content (AvgIpc) is 2.77. The largest absolute Gasteiger partial charge is 0.491 e. The quantitative estimate of drug-likeness (QED) is 0.619. The number of hydrogen-bond acceptors (Lipinski definition) is 5. The molecule has 20 heavy (non-hydrogen) atoms. The lowest BCUT2D eigenvalue weighted by Crippen LogP contribution is -2.22. The van der Waals surface area contributed by atoms with E-state index in [0.717, 1.165) is 17.7 Å². The third-order valence-corrected chi connectivity index (χ3v) is 4.18. The van der Waals surface area contributed by atoms with Crippen LogP contribution in [0.25, 0.3) is 0 Å². The summed E-state index contributed by atoms with van der Waals surface area (Å²) in [4.78, 5) is 11.5. The summed E-state index contributed by atoms with van der Waals surface area (Å²) in [6, 6.07) is 7.59. The number of carbonyl (C=O) groups excluding carboxylic acids is 1. The van der Waals surface area contributed by atoms with Gasteiger partial charge in [0.05, 0.1) is 18.1 Å². The van der Waals surface area contributed by atoms with Gasteiger partial charge in [0.1, 0.15) is 5.75 Å². The molecule has 0 unspecified atom stereocenters. The van der Waals surface area contributed by atoms with Crippen molar-refractivity contribution in [3.8, 4) is 5.75 Å². The molecule has 1 aliphatic heterocycles. The summed E-state index contributed by atoms with van der Waals surface area (Å²) in [6.45, 7) is 4.12. The summed E-state index contributed by atoms with van der Waals surface area (Å²) in [6.07, 6.45) is 2.80. The lowest BCUT2D eigenvalue weighted by Gasteiger charge is -2.12. The van der Waals surface area contributed by atoms with Crippen LogP contribution in [-0.2, 0) is 4.79 Å². The van der Waals surface area contributed by atoms with E-state index in [1.165, 1.54) is 16.8 Å². The molecule has 1 atom stereocenters. The van der Waals surface area contributed by atoms with Crippen LogP contribution < -0.4 is 4.74 Å². The van der Waals surface area contributed by atoms with Crippen LogP contribution in [0.1, 0.15) is 25.8 Å². The second-order valence-electron chi connectivity index (χ2n) is 4.41. The van der Waals surface area contributed by atoms with Crippen molar-refractivity contribution in [2.45, 2.75) is 26.4 Å². The smallest absolute Gasteiger partial charge is 0.259 e. The minimum Gasteiger partial charge on any atom is -0.491 e. The van der Waals surface area contributed by atoms with Gasteiger partial charge < -0.3 is 4.74 Å². The van der Waals surface area contributed by atoms with E-state index in [2.05, 4.69) is 12.0 Å². The van der Waals surface area contributed by atoms with Gasteiger partial charge in [0.25, 0.3) is 5.91 Å². The van der Waals surface area contributed by atoms with Crippen LogP contribution in [0.15, 0.2) is 29.4 Å². The Labute approximate surface area is 128 Å². The van der Waals surface area contributed by atoms with Crippen molar-refractivity contribution in [2.75, 3.05) is 5.75 Å². The molecule has 0 radical (unpaired) electrons. The Balaban J connectivity index is 2.00. The number of carbonyl (C=O) groups is 1. The molecule has 0 aromatic heterocycles. The van der Waals surface area contributed by atoms with Gasteiger partial charge in [-0.3, -0.25) is 4.79 Å². The molecule has 1 amide bonds. The first-order chi connectivity index (χ1) is 9.60. The number of thioether (sulfide) groups is 1. The maximum atomic E-state index is 11.5. The molecule has 1 heterocycles. The Bertz CT molecular complexity index is 512. The Hall–Kier alpha value is -1.40. The van der Waals surface area contributed by atoms with Gasteiger partial charge in [-0.2, -0.15) is 10.1 Å². The van der Waals surface area contributed by atoms with Crippen LogP contribution in [-0.4, -0.2) is 33.3 Å². The van der Waals surface area contributed by atoms with Crippen molar-refractivity contribution in [2.24, 2.45) is 5.10 Å². The predicted molar refractivity (Wildman–Crippen MR) is 86.3 cm³/mol. The number of hydrazone groups is 1. The minimum atomic E-state index is -0.0759. The molecule has 0 aliphatic carbocycles. The fourth-order valence-electron chi connectivity index (χ4n) is 1.53. The highest BCUT2D eigenvalue weighted by Gasteiger charge is 2.25. The Morgan fingerprint density at radius 1 is 1.50 bits per heavy atom. The van der Waals surface area contributed by atoms with E-state index < -0.39 is 0 Å². The van der Waals surface area contributed by atoms with Gasteiger partial charge in [-0.15, -0.1) is 0 Å². The number of hydrogen-bond donors (Lipinski definition) is 0. The number of benzene rings is 1. The van der Waals surface area contributed by atoms with Gasteiger partial charge in [-0.25, -0.2) is 0 Å². The van der Waals surface area contributed by atoms with Gasteiger partial charge in [0.2, 0.25) is 0 Å². The van der Waals surface area contributed by atoms with Crippen LogP contribution in [0.2, 0.25) is 0 Å². The van der Waals surface area contributed by atoms with Crippen LogP contribution in [0, 0.1) is 0 Å². The minimum absolute atomic E-state index is 0.0759. The van der Waals surface area contributed by atoms with E-state index in [4.69, 9.17) is 17.0 Å². The third-order valence-electron chi connectivity index (χ3n) is 2.84. The molecule has 4 nitrogen and oxygen atoms in total. The van der Waals surface area contributed by atoms with Crippen molar-refractivity contribution in [1.82, 2.24) is 5.01 Å². The van der Waals surface area contributed by atoms with Gasteiger partial charge >= 0.3 is 0 Å². The molecule has 6 heteroatoms. The number of thiocarbonyl (C=S) groups is 1. The number of nitrogens with zero attached hydrogens (tertiary/aromatic N) is 2. The van der Waals surface area contributed by atoms with Crippen molar-refractivity contribution in [3.05, 3.63) is 29.8 Å². The van der Waals surface area contributed by atoms with Crippen molar-refractivity contribution in [3.63, 3.8) is 0 Å². The molecule has 0 saturated carbocycles. The Kier molecular flexibility index (Phi) is 5.14. The molecule has 0 bridgehead atoms. The molecule has 1 aliphatic rings. The Morgan fingerprint density at radius 2 is 2.20 bits per heavy atom. The maximum absolute atomic E-state index is 11.5. The van der Waals surface area contributed by atoms with Crippen LogP contribution >= 0.6 is 24.0 Å². The maximum Gasteiger partial charge on any atom is 0.259 e. The van der Waals surface area contributed by atoms with Gasteiger partial charge in [0.15, 0.2) is 4.32 Å². The highest BCUT2D eigenvalue weighted by molar-refractivity contribution is 8.23. The molecule has 106 valence electrons. The van der Waals surface area contributed by atoms with Crippen molar-refractivity contribution >= 4 is 40.4 Å². The summed E-state index contributed by atoms with van der Waals surface area (Å²) in [5, 5.41) is 5.39. The van der Waals surface area contributed by atoms with E-state index in [9.17, 15) is 4.79 Å². The predicted octanol–water partition coefficient (Wildman–Crippen LogP) is 3.06. The van der Waals surface area contributed by atoms with Crippen LogP contribution in [0.3, 0.4) is 0 Å². The van der Waals surface area contributed by atoms with Gasteiger partial charge in [0, 0.05) is 0 Å². The van der Waals surface area contributed by atoms with Gasteiger partial charge in [-0.1, -0.05) is 30.9 Å². The van der Waals surface area contributed by atoms with E-state index in [0.29, 0.717) is 10.1 Å². The highest BCUT2D eigenvalue weighted by Crippen LogP contribution is 2.19. The van der Waals surface area contributed by atoms with Gasteiger partial charge in [-0.05, 0) is 43.2 Å². The van der Waals surface area contributed by atoms with Crippen LogP contribution in [0.5, 0.6) is 5.75 Å². The monoisotopic (exact) mass is 308 g/mol. The summed E-state index contributed by atoms with van der Waals surface area (Å²) < 4.78 is 6.20. The first-order valence-electron chi connectivity index (χ1n) is 6.40. The molecular weight excluding hydrogens is 292 g/mol. The molecule has 1 aromatic rings. The second-order valence-corrected chi connectivity index (χ2v) is 6.02. The molecule has 1 saturated heterocycles. The SMILES string of the molecule is CC[C@H](C)Oc1ccc(/C=N\N2C(=O)CSC2=S)cc1. The lowest BCUT2D eigenvalue weighted by atomic mass is 10.2. The highest BCUT2D eigenvalue weighted by atomic mass is 32.2. The van der Waals surface area contributed by atoms with Crippen molar-refractivity contribution in [1.29, 1.82) is 0 Å². The van der Waals surface area contributed by atoms with E-state index in [1.807, 2.05) is 31.2 Å². The standard InChI is InChI=1S/C14H16N2O2S2/c1-3-10(2)18-12-6-4-11(5-7-12)8-15-16-13(17)9-20-14(16)19/h4-8,10H,3,9H2,1-2H3/b15-8-/t10-/m0/s1. The Morgan fingerprint density at radius 3 is 2.75 bits per heavy atom. The molecular formula is C14H16N2O2S2. The third kappa shape index (κ3) is 3.80. The van der Waals surface area contributed by atoms with Crippen LogP contribution in [0.4, 0.5) is 0 Å². The van der Waals surface area contributed by atoms with E-state index in [1.54, 1.807) is 6.21 Å². The molecule has 1 fully saturated rings. The first-order valence-corrected chi connectivity index (χ1v) is 7.80.